The van der Waals surface area contributed by atoms with E-state index in [4.69, 9.17) is 9.47 Å². The van der Waals surface area contributed by atoms with Gasteiger partial charge >= 0.3 is 0 Å². The minimum Gasteiger partial charge on any atom is -0.496 e. The molecule has 1 rings (SSSR count). The van der Waals surface area contributed by atoms with E-state index in [-0.39, 0.29) is 5.41 Å². The Morgan fingerprint density at radius 2 is 1.88 bits per heavy atom. The third-order valence-electron chi connectivity index (χ3n) is 2.65. The van der Waals surface area contributed by atoms with Crippen molar-refractivity contribution in [3.05, 3.63) is 29.3 Å². The zero-order valence-corrected chi connectivity index (χ0v) is 11.5. The molecule has 0 fully saturated rings. The molecule has 0 spiro atoms. The summed E-state index contributed by atoms with van der Waals surface area (Å²) in [6, 6.07) is 6.31. The lowest BCUT2D eigenvalue weighted by molar-refractivity contribution is 0.174. The summed E-state index contributed by atoms with van der Waals surface area (Å²) in [6.45, 7) is 7.95. The van der Waals surface area contributed by atoms with Crippen molar-refractivity contribution in [2.24, 2.45) is 0 Å². The lowest BCUT2D eigenvalue weighted by atomic mass is 9.85. The fourth-order valence-electron chi connectivity index (χ4n) is 1.75. The number of benzene rings is 1. The molecule has 0 unspecified atom stereocenters. The van der Waals surface area contributed by atoms with Crippen LogP contribution in [0.4, 0.5) is 0 Å². The van der Waals surface area contributed by atoms with Gasteiger partial charge in [-0.25, -0.2) is 0 Å². The lowest BCUT2D eigenvalue weighted by Crippen LogP contribution is -2.18. The number of nitrogens with one attached hydrogen (secondary N) is 1. The Morgan fingerprint density at radius 3 is 2.41 bits per heavy atom. The molecule has 0 radical (unpaired) electrons. The Kier molecular flexibility index (Phi) is 4.97. The number of hydrogen-bond acceptors (Lipinski definition) is 3. The van der Waals surface area contributed by atoms with Crippen molar-refractivity contribution in [1.29, 1.82) is 0 Å². The van der Waals surface area contributed by atoms with Gasteiger partial charge in [0.05, 0.1) is 13.8 Å². The SMILES string of the molecule is COCNCc1ccc(OC)c(C(C)(C)C)c1. The van der Waals surface area contributed by atoms with Gasteiger partial charge < -0.3 is 9.47 Å². The van der Waals surface area contributed by atoms with Gasteiger partial charge in [-0.15, -0.1) is 0 Å². The summed E-state index contributed by atoms with van der Waals surface area (Å²) in [5, 5.41) is 3.20. The summed E-state index contributed by atoms with van der Waals surface area (Å²) in [7, 11) is 3.40. The molecule has 3 heteroatoms. The molecule has 1 aromatic carbocycles. The quantitative estimate of drug-likeness (QED) is 0.631. The minimum absolute atomic E-state index is 0.0859. The van der Waals surface area contributed by atoms with E-state index in [1.165, 1.54) is 11.1 Å². The van der Waals surface area contributed by atoms with E-state index in [1.54, 1.807) is 14.2 Å². The first-order valence-electron chi connectivity index (χ1n) is 5.86. The fraction of sp³-hybridized carbons (Fsp3) is 0.571. The maximum Gasteiger partial charge on any atom is 0.122 e. The van der Waals surface area contributed by atoms with Crippen LogP contribution in [-0.2, 0) is 16.7 Å². The Hall–Kier alpha value is -1.06. The molecule has 17 heavy (non-hydrogen) atoms. The zero-order chi connectivity index (χ0) is 12.9. The Morgan fingerprint density at radius 1 is 1.18 bits per heavy atom. The first-order valence-corrected chi connectivity index (χ1v) is 5.86. The van der Waals surface area contributed by atoms with Crippen LogP contribution in [0.5, 0.6) is 5.75 Å². The smallest absolute Gasteiger partial charge is 0.122 e. The summed E-state index contributed by atoms with van der Waals surface area (Å²) < 4.78 is 10.4. The van der Waals surface area contributed by atoms with Crippen LogP contribution in [-0.4, -0.2) is 21.0 Å². The fourth-order valence-corrected chi connectivity index (χ4v) is 1.75. The van der Waals surface area contributed by atoms with Crippen molar-refractivity contribution in [3.8, 4) is 5.75 Å². The second-order valence-corrected chi connectivity index (χ2v) is 5.14. The van der Waals surface area contributed by atoms with Gasteiger partial charge in [0.25, 0.3) is 0 Å². The molecular weight excluding hydrogens is 214 g/mol. The second-order valence-electron chi connectivity index (χ2n) is 5.14. The molecule has 0 saturated carbocycles. The molecule has 0 aliphatic carbocycles. The highest BCUT2D eigenvalue weighted by atomic mass is 16.5. The Labute approximate surface area is 104 Å². The second kappa shape index (κ2) is 6.03. The van der Waals surface area contributed by atoms with E-state index in [0.717, 1.165) is 12.3 Å². The highest BCUT2D eigenvalue weighted by Gasteiger charge is 2.18. The average Bonchev–Trinajstić information content (AvgIpc) is 2.28. The standard InChI is InChI=1S/C14H23NO2/c1-14(2,3)12-8-11(9-15-10-16-4)6-7-13(12)17-5/h6-8,15H,9-10H2,1-5H3. The van der Waals surface area contributed by atoms with Crippen LogP contribution < -0.4 is 10.1 Å². The van der Waals surface area contributed by atoms with Crippen molar-refractivity contribution in [1.82, 2.24) is 5.32 Å². The van der Waals surface area contributed by atoms with E-state index in [2.05, 4.69) is 38.2 Å². The molecule has 0 atom stereocenters. The molecule has 0 heterocycles. The van der Waals surface area contributed by atoms with Gasteiger partial charge in [0, 0.05) is 13.7 Å². The summed E-state index contributed by atoms with van der Waals surface area (Å²) >= 11 is 0. The van der Waals surface area contributed by atoms with Gasteiger partial charge in [0.1, 0.15) is 5.75 Å². The van der Waals surface area contributed by atoms with Crippen LogP contribution in [0.25, 0.3) is 0 Å². The monoisotopic (exact) mass is 237 g/mol. The van der Waals surface area contributed by atoms with E-state index in [0.29, 0.717) is 6.73 Å². The molecule has 0 aliphatic rings. The number of rotatable bonds is 5. The predicted octanol–water partition coefficient (Wildman–Crippen LogP) is 2.69. The van der Waals surface area contributed by atoms with E-state index in [9.17, 15) is 0 Å². The van der Waals surface area contributed by atoms with Gasteiger partial charge in [-0.1, -0.05) is 32.9 Å². The molecule has 96 valence electrons. The average molecular weight is 237 g/mol. The molecule has 1 N–H and O–H groups in total. The van der Waals surface area contributed by atoms with Crippen LogP contribution in [0.2, 0.25) is 0 Å². The van der Waals surface area contributed by atoms with Gasteiger partial charge in [-0.05, 0) is 22.6 Å². The van der Waals surface area contributed by atoms with Crippen LogP contribution in [0.3, 0.4) is 0 Å². The normalized spacial score (nSPS) is 11.6. The maximum atomic E-state index is 5.41. The van der Waals surface area contributed by atoms with Crippen molar-refractivity contribution in [2.75, 3.05) is 21.0 Å². The van der Waals surface area contributed by atoms with Crippen LogP contribution in [0.1, 0.15) is 31.9 Å². The minimum atomic E-state index is 0.0859. The first-order chi connectivity index (χ1) is 7.99. The third kappa shape index (κ3) is 4.02. The maximum absolute atomic E-state index is 5.41. The number of hydrogen-bond donors (Lipinski definition) is 1. The van der Waals surface area contributed by atoms with E-state index >= 15 is 0 Å². The van der Waals surface area contributed by atoms with Crippen molar-refractivity contribution in [2.45, 2.75) is 32.7 Å². The summed E-state index contributed by atoms with van der Waals surface area (Å²) in [5.41, 5.74) is 2.56. The molecule has 0 amide bonds. The Bertz CT molecular complexity index is 356. The summed E-state index contributed by atoms with van der Waals surface area (Å²) in [5.74, 6) is 0.952. The molecule has 0 aromatic heterocycles. The highest BCUT2D eigenvalue weighted by molar-refractivity contribution is 5.41. The topological polar surface area (TPSA) is 30.5 Å². The van der Waals surface area contributed by atoms with Crippen molar-refractivity contribution < 1.29 is 9.47 Å². The largest absolute Gasteiger partial charge is 0.496 e. The molecular formula is C14H23NO2. The molecule has 3 nitrogen and oxygen atoms in total. The van der Waals surface area contributed by atoms with Crippen molar-refractivity contribution >= 4 is 0 Å². The number of ether oxygens (including phenoxy) is 2. The van der Waals surface area contributed by atoms with Crippen molar-refractivity contribution in [3.63, 3.8) is 0 Å². The summed E-state index contributed by atoms with van der Waals surface area (Å²) in [6.07, 6.45) is 0. The van der Waals surface area contributed by atoms with Crippen LogP contribution >= 0.6 is 0 Å². The third-order valence-corrected chi connectivity index (χ3v) is 2.65. The highest BCUT2D eigenvalue weighted by Crippen LogP contribution is 2.31. The predicted molar refractivity (Wildman–Crippen MR) is 70.4 cm³/mol. The van der Waals surface area contributed by atoms with E-state index in [1.807, 2.05) is 6.07 Å². The first kappa shape index (κ1) is 14.0. The van der Waals surface area contributed by atoms with Gasteiger partial charge in [0.2, 0.25) is 0 Å². The van der Waals surface area contributed by atoms with Crippen LogP contribution in [0.15, 0.2) is 18.2 Å². The van der Waals surface area contributed by atoms with Gasteiger partial charge in [-0.2, -0.15) is 0 Å². The molecule has 1 aromatic rings. The lowest BCUT2D eigenvalue weighted by Gasteiger charge is -2.23. The molecule has 0 saturated heterocycles. The number of methoxy groups -OCH3 is 2. The molecule has 0 bridgehead atoms. The summed E-state index contributed by atoms with van der Waals surface area (Å²) in [4.78, 5) is 0. The van der Waals surface area contributed by atoms with E-state index < -0.39 is 0 Å². The van der Waals surface area contributed by atoms with Gasteiger partial charge in [-0.3, -0.25) is 5.32 Å². The Balaban J connectivity index is 2.89. The van der Waals surface area contributed by atoms with Gasteiger partial charge in [0.15, 0.2) is 0 Å². The molecule has 0 aliphatic heterocycles. The van der Waals surface area contributed by atoms with Crippen LogP contribution in [0, 0.1) is 0 Å². The zero-order valence-electron chi connectivity index (χ0n) is 11.5.